The average molecular weight is 348 g/mol. The van der Waals surface area contributed by atoms with E-state index < -0.39 is 5.54 Å². The molecule has 2 aliphatic rings. The van der Waals surface area contributed by atoms with Crippen LogP contribution >= 0.6 is 15.9 Å². The minimum Gasteiger partial charge on any atom is -0.306 e. The molecule has 3 rings (SSSR count). The summed E-state index contributed by atoms with van der Waals surface area (Å²) in [7, 11) is 1.97. The number of imide groups is 1. The number of hydrogen-bond acceptors (Lipinski definition) is 4. The topological polar surface area (TPSA) is 64.4 Å². The third-order valence-corrected chi connectivity index (χ3v) is 4.79. The molecule has 0 spiro atoms. The lowest BCUT2D eigenvalue weighted by molar-refractivity contribution is 0.0394. The standard InChI is InChI=1S/C15H14BrN3O2/c1-18-6-4-15(9-17,5-7-18)19-13(20)11-3-2-10(16)8-12(11)14(19)21/h2-3,8H,4-7H2,1H3. The van der Waals surface area contributed by atoms with Gasteiger partial charge in [0.25, 0.3) is 11.8 Å². The van der Waals surface area contributed by atoms with Gasteiger partial charge in [-0.15, -0.1) is 0 Å². The second kappa shape index (κ2) is 4.93. The molecule has 0 bridgehead atoms. The predicted molar refractivity (Wildman–Crippen MR) is 79.7 cm³/mol. The van der Waals surface area contributed by atoms with Crippen LogP contribution < -0.4 is 0 Å². The SMILES string of the molecule is CN1CCC(C#N)(N2C(=O)c3ccc(Br)cc3C2=O)CC1. The summed E-state index contributed by atoms with van der Waals surface area (Å²) >= 11 is 3.31. The average Bonchev–Trinajstić information content (AvgIpc) is 2.73. The van der Waals surface area contributed by atoms with Crippen molar-refractivity contribution in [1.82, 2.24) is 9.80 Å². The van der Waals surface area contributed by atoms with Gasteiger partial charge in [-0.3, -0.25) is 14.5 Å². The third-order valence-electron chi connectivity index (χ3n) is 4.30. The van der Waals surface area contributed by atoms with Gasteiger partial charge in [-0.05, 0) is 38.1 Å². The fraction of sp³-hybridized carbons (Fsp3) is 0.400. The Labute approximate surface area is 131 Å². The van der Waals surface area contributed by atoms with Gasteiger partial charge in [-0.25, -0.2) is 0 Å². The Bertz CT molecular complexity index is 672. The molecule has 0 aliphatic carbocycles. The Morgan fingerprint density at radius 1 is 1.19 bits per heavy atom. The zero-order valence-corrected chi connectivity index (χ0v) is 13.2. The number of nitriles is 1. The van der Waals surface area contributed by atoms with Crippen molar-refractivity contribution in [2.75, 3.05) is 20.1 Å². The van der Waals surface area contributed by atoms with Crippen LogP contribution in [0.4, 0.5) is 0 Å². The second-order valence-electron chi connectivity index (χ2n) is 5.58. The lowest BCUT2D eigenvalue weighted by atomic mass is 9.87. The van der Waals surface area contributed by atoms with E-state index >= 15 is 0 Å². The number of likely N-dealkylation sites (tertiary alicyclic amines) is 1. The van der Waals surface area contributed by atoms with Crippen LogP contribution in [-0.2, 0) is 0 Å². The maximum absolute atomic E-state index is 12.6. The highest BCUT2D eigenvalue weighted by molar-refractivity contribution is 9.10. The van der Waals surface area contributed by atoms with E-state index in [1.807, 2.05) is 7.05 Å². The molecule has 6 heteroatoms. The molecular formula is C15H14BrN3O2. The van der Waals surface area contributed by atoms with Crippen molar-refractivity contribution in [1.29, 1.82) is 5.26 Å². The number of hydrogen-bond donors (Lipinski definition) is 0. The molecule has 2 aliphatic heterocycles. The van der Waals surface area contributed by atoms with Gasteiger partial charge in [0.15, 0.2) is 0 Å². The summed E-state index contributed by atoms with van der Waals surface area (Å²) < 4.78 is 0.749. The van der Waals surface area contributed by atoms with Gasteiger partial charge >= 0.3 is 0 Å². The van der Waals surface area contributed by atoms with Crippen molar-refractivity contribution < 1.29 is 9.59 Å². The molecule has 0 saturated carbocycles. The highest BCUT2D eigenvalue weighted by atomic mass is 79.9. The van der Waals surface area contributed by atoms with E-state index in [0.717, 1.165) is 4.47 Å². The van der Waals surface area contributed by atoms with E-state index in [1.165, 1.54) is 4.90 Å². The summed E-state index contributed by atoms with van der Waals surface area (Å²) in [6.07, 6.45) is 0.985. The number of carbonyl (C=O) groups excluding carboxylic acids is 2. The number of benzene rings is 1. The van der Waals surface area contributed by atoms with Gasteiger partial charge in [-0.1, -0.05) is 15.9 Å². The predicted octanol–water partition coefficient (Wildman–Crippen LogP) is 2.03. The van der Waals surface area contributed by atoms with Crippen LogP contribution in [-0.4, -0.2) is 47.3 Å². The second-order valence-corrected chi connectivity index (χ2v) is 6.50. The molecule has 5 nitrogen and oxygen atoms in total. The van der Waals surface area contributed by atoms with E-state index in [9.17, 15) is 14.9 Å². The first-order valence-electron chi connectivity index (χ1n) is 6.77. The van der Waals surface area contributed by atoms with Crippen LogP contribution in [0.1, 0.15) is 33.6 Å². The Morgan fingerprint density at radius 2 is 1.81 bits per heavy atom. The van der Waals surface area contributed by atoms with Crippen molar-refractivity contribution in [3.63, 3.8) is 0 Å². The largest absolute Gasteiger partial charge is 0.306 e. The number of carbonyl (C=O) groups is 2. The zero-order chi connectivity index (χ0) is 15.2. The summed E-state index contributed by atoms with van der Waals surface area (Å²) in [6, 6.07) is 7.26. The Morgan fingerprint density at radius 3 is 2.43 bits per heavy atom. The fourth-order valence-electron chi connectivity index (χ4n) is 2.98. The van der Waals surface area contributed by atoms with Crippen LogP contribution in [0, 0.1) is 11.3 Å². The van der Waals surface area contributed by atoms with Crippen LogP contribution in [0.3, 0.4) is 0 Å². The van der Waals surface area contributed by atoms with Crippen molar-refractivity contribution >= 4 is 27.7 Å². The minimum atomic E-state index is -1.02. The van der Waals surface area contributed by atoms with Crippen molar-refractivity contribution in [3.8, 4) is 6.07 Å². The summed E-state index contributed by atoms with van der Waals surface area (Å²) in [5, 5.41) is 9.63. The van der Waals surface area contributed by atoms with E-state index in [1.54, 1.807) is 18.2 Å². The van der Waals surface area contributed by atoms with Gasteiger partial charge in [0, 0.05) is 17.6 Å². The molecule has 1 aromatic rings. The van der Waals surface area contributed by atoms with E-state index in [0.29, 0.717) is 37.1 Å². The first-order chi connectivity index (χ1) is 9.98. The van der Waals surface area contributed by atoms with Crippen LogP contribution in [0.25, 0.3) is 0 Å². The molecular weight excluding hydrogens is 334 g/mol. The van der Waals surface area contributed by atoms with Crippen LogP contribution in [0.15, 0.2) is 22.7 Å². The van der Waals surface area contributed by atoms with E-state index in [2.05, 4.69) is 26.9 Å². The monoisotopic (exact) mass is 347 g/mol. The molecule has 0 atom stereocenters. The lowest BCUT2D eigenvalue weighted by Gasteiger charge is -2.40. The van der Waals surface area contributed by atoms with Crippen LogP contribution in [0.2, 0.25) is 0 Å². The highest BCUT2D eigenvalue weighted by Gasteiger charge is 2.50. The molecule has 0 unspecified atom stereocenters. The molecule has 0 aromatic heterocycles. The molecule has 1 saturated heterocycles. The minimum absolute atomic E-state index is 0.353. The molecule has 2 amide bonds. The highest BCUT2D eigenvalue weighted by Crippen LogP contribution is 2.36. The normalized spacial score (nSPS) is 21.3. The number of fused-ring (bicyclic) bond motifs is 1. The number of rotatable bonds is 1. The summed E-state index contributed by atoms with van der Waals surface area (Å²) in [5.74, 6) is -0.712. The Kier molecular flexibility index (Phi) is 3.34. The van der Waals surface area contributed by atoms with Gasteiger partial charge in [0.1, 0.15) is 5.54 Å². The molecule has 2 heterocycles. The molecule has 108 valence electrons. The lowest BCUT2D eigenvalue weighted by Crippen LogP contribution is -2.56. The van der Waals surface area contributed by atoms with E-state index in [-0.39, 0.29) is 11.8 Å². The van der Waals surface area contributed by atoms with Gasteiger partial charge in [0.05, 0.1) is 17.2 Å². The van der Waals surface area contributed by atoms with Crippen molar-refractivity contribution in [3.05, 3.63) is 33.8 Å². The maximum Gasteiger partial charge on any atom is 0.262 e. The smallest absolute Gasteiger partial charge is 0.262 e. The Balaban J connectivity index is 2.03. The molecule has 1 fully saturated rings. The first kappa shape index (κ1) is 14.2. The molecule has 1 aromatic carbocycles. The van der Waals surface area contributed by atoms with Gasteiger partial charge in [0.2, 0.25) is 0 Å². The maximum atomic E-state index is 12.6. The van der Waals surface area contributed by atoms with E-state index in [4.69, 9.17) is 0 Å². The molecule has 21 heavy (non-hydrogen) atoms. The summed E-state index contributed by atoms with van der Waals surface area (Å²) in [5.41, 5.74) is -0.258. The van der Waals surface area contributed by atoms with Gasteiger partial charge < -0.3 is 4.90 Å². The third kappa shape index (κ3) is 2.08. The van der Waals surface area contributed by atoms with Crippen LogP contribution in [0.5, 0.6) is 0 Å². The van der Waals surface area contributed by atoms with Gasteiger partial charge in [-0.2, -0.15) is 5.26 Å². The zero-order valence-electron chi connectivity index (χ0n) is 11.6. The number of halogens is 1. The molecule has 0 radical (unpaired) electrons. The number of piperidine rings is 1. The van der Waals surface area contributed by atoms with Crippen molar-refractivity contribution in [2.45, 2.75) is 18.4 Å². The Hall–Kier alpha value is -1.71. The quantitative estimate of drug-likeness (QED) is 0.729. The number of nitrogens with zero attached hydrogens (tertiary/aromatic N) is 3. The summed E-state index contributed by atoms with van der Waals surface area (Å²) in [4.78, 5) is 28.5. The van der Waals surface area contributed by atoms with Crippen molar-refractivity contribution in [2.24, 2.45) is 0 Å². The first-order valence-corrected chi connectivity index (χ1v) is 7.56. The number of amides is 2. The fourth-order valence-corrected chi connectivity index (χ4v) is 3.34. The summed E-state index contributed by atoms with van der Waals surface area (Å²) in [6.45, 7) is 1.40. The molecule has 0 N–H and O–H groups in total.